The Kier molecular flexibility index (Phi) is 3.56. The van der Waals surface area contributed by atoms with E-state index in [1.54, 1.807) is 10.7 Å². The van der Waals surface area contributed by atoms with Gasteiger partial charge in [0.25, 0.3) is 0 Å². The number of nitrogens with one attached hydrogen (secondary N) is 2. The van der Waals surface area contributed by atoms with Crippen molar-refractivity contribution in [3.63, 3.8) is 0 Å². The summed E-state index contributed by atoms with van der Waals surface area (Å²) in [6.45, 7) is 3.19. The van der Waals surface area contributed by atoms with Crippen LogP contribution in [0.2, 0.25) is 0 Å². The van der Waals surface area contributed by atoms with Gasteiger partial charge < -0.3 is 16.4 Å². The number of fused-ring (bicyclic) bond motifs is 1. The first-order valence-corrected chi connectivity index (χ1v) is 7.27. The number of anilines is 2. The van der Waals surface area contributed by atoms with E-state index in [1.165, 1.54) is 6.42 Å². The van der Waals surface area contributed by atoms with Gasteiger partial charge in [0.15, 0.2) is 5.65 Å². The molecule has 1 atom stereocenters. The van der Waals surface area contributed by atoms with Crippen LogP contribution in [0, 0.1) is 5.92 Å². The molecule has 1 aliphatic rings. The molecular weight excluding hydrogens is 308 g/mol. The van der Waals surface area contributed by atoms with Crippen LogP contribution in [-0.2, 0) is 0 Å². The Bertz CT molecular complexity index is 575. The molecule has 6 nitrogen and oxygen atoms in total. The molecule has 1 aliphatic heterocycles. The number of aromatic nitrogens is 3. The number of nitrogens with zero attached hydrogens (tertiary/aromatic N) is 3. The standard InChI is InChI=1S/C12H17BrN6/c13-9-7-17-19-10(14)5-11(18-12(9)19)16-4-2-8-1-3-15-6-8/h5,7-8,15H,1-4,6,14H2,(H,16,18)/t8-/m0/s1. The van der Waals surface area contributed by atoms with Crippen molar-refractivity contribution in [2.24, 2.45) is 5.92 Å². The number of halogens is 1. The summed E-state index contributed by atoms with van der Waals surface area (Å²) in [4.78, 5) is 4.51. The lowest BCUT2D eigenvalue weighted by molar-refractivity contribution is 0.549. The van der Waals surface area contributed by atoms with Crippen LogP contribution in [0.4, 0.5) is 11.6 Å². The van der Waals surface area contributed by atoms with E-state index in [4.69, 9.17) is 5.73 Å². The first kappa shape index (κ1) is 12.7. The molecule has 3 rings (SSSR count). The molecule has 0 aliphatic carbocycles. The van der Waals surface area contributed by atoms with E-state index in [2.05, 4.69) is 36.6 Å². The third kappa shape index (κ3) is 2.66. The highest BCUT2D eigenvalue weighted by Gasteiger charge is 2.14. The summed E-state index contributed by atoms with van der Waals surface area (Å²) < 4.78 is 2.47. The van der Waals surface area contributed by atoms with Crippen molar-refractivity contribution in [2.75, 3.05) is 30.7 Å². The molecule has 0 unspecified atom stereocenters. The Labute approximate surface area is 119 Å². The maximum absolute atomic E-state index is 5.95. The van der Waals surface area contributed by atoms with Crippen molar-refractivity contribution in [1.82, 2.24) is 19.9 Å². The summed E-state index contributed by atoms with van der Waals surface area (Å²) in [6.07, 6.45) is 4.12. The van der Waals surface area contributed by atoms with E-state index in [1.807, 2.05) is 6.07 Å². The second kappa shape index (κ2) is 5.34. The lowest BCUT2D eigenvalue weighted by Crippen LogP contribution is -2.13. The smallest absolute Gasteiger partial charge is 0.173 e. The highest BCUT2D eigenvalue weighted by atomic mass is 79.9. The van der Waals surface area contributed by atoms with Crippen molar-refractivity contribution < 1.29 is 0 Å². The van der Waals surface area contributed by atoms with E-state index in [9.17, 15) is 0 Å². The summed E-state index contributed by atoms with van der Waals surface area (Å²) in [5.74, 6) is 2.16. The molecule has 0 aromatic carbocycles. The van der Waals surface area contributed by atoms with Crippen LogP contribution in [0.3, 0.4) is 0 Å². The van der Waals surface area contributed by atoms with Crippen LogP contribution < -0.4 is 16.4 Å². The SMILES string of the molecule is Nc1cc(NCC[C@@H]2CCNC2)nc2c(Br)cnn12. The van der Waals surface area contributed by atoms with Gasteiger partial charge >= 0.3 is 0 Å². The third-order valence-electron chi connectivity index (χ3n) is 3.48. The minimum absolute atomic E-state index is 0.584. The van der Waals surface area contributed by atoms with E-state index in [0.29, 0.717) is 5.82 Å². The molecule has 0 bridgehead atoms. The van der Waals surface area contributed by atoms with Crippen LogP contribution in [0.15, 0.2) is 16.7 Å². The van der Waals surface area contributed by atoms with Gasteiger partial charge in [-0.2, -0.15) is 9.61 Å². The van der Waals surface area contributed by atoms with Gasteiger partial charge in [-0.05, 0) is 47.8 Å². The van der Waals surface area contributed by atoms with Gasteiger partial charge in [-0.3, -0.25) is 0 Å². The molecular formula is C12H17BrN6. The van der Waals surface area contributed by atoms with Gasteiger partial charge in [0, 0.05) is 12.6 Å². The maximum atomic E-state index is 5.95. The zero-order valence-corrected chi connectivity index (χ0v) is 12.2. The topological polar surface area (TPSA) is 80.3 Å². The van der Waals surface area contributed by atoms with Crippen molar-refractivity contribution in [2.45, 2.75) is 12.8 Å². The van der Waals surface area contributed by atoms with Crippen molar-refractivity contribution in [1.29, 1.82) is 0 Å². The highest BCUT2D eigenvalue weighted by Crippen LogP contribution is 2.21. The number of rotatable bonds is 4. The Morgan fingerprint density at radius 3 is 3.26 bits per heavy atom. The molecule has 7 heteroatoms. The highest BCUT2D eigenvalue weighted by molar-refractivity contribution is 9.10. The van der Waals surface area contributed by atoms with Gasteiger partial charge in [-0.15, -0.1) is 0 Å². The average molecular weight is 325 g/mol. The summed E-state index contributed by atoms with van der Waals surface area (Å²) in [5, 5.41) is 10.9. The zero-order valence-electron chi connectivity index (χ0n) is 10.6. The maximum Gasteiger partial charge on any atom is 0.173 e. The van der Waals surface area contributed by atoms with Crippen LogP contribution in [0.5, 0.6) is 0 Å². The Hall–Kier alpha value is -1.34. The van der Waals surface area contributed by atoms with Crippen molar-refractivity contribution in [3.05, 3.63) is 16.7 Å². The Morgan fingerprint density at radius 2 is 2.47 bits per heavy atom. The summed E-state index contributed by atoms with van der Waals surface area (Å²) in [5.41, 5.74) is 6.69. The zero-order chi connectivity index (χ0) is 13.2. The number of nitrogen functional groups attached to an aromatic ring is 1. The minimum Gasteiger partial charge on any atom is -0.383 e. The number of hydrogen-bond acceptors (Lipinski definition) is 5. The largest absolute Gasteiger partial charge is 0.383 e. The van der Waals surface area contributed by atoms with Crippen LogP contribution in [-0.4, -0.2) is 34.2 Å². The fourth-order valence-electron chi connectivity index (χ4n) is 2.42. The lowest BCUT2D eigenvalue weighted by Gasteiger charge is -2.10. The summed E-state index contributed by atoms with van der Waals surface area (Å²) in [7, 11) is 0. The van der Waals surface area contributed by atoms with E-state index < -0.39 is 0 Å². The van der Waals surface area contributed by atoms with Crippen LogP contribution >= 0.6 is 15.9 Å². The summed E-state index contributed by atoms with van der Waals surface area (Å²) in [6, 6.07) is 1.82. The fourth-order valence-corrected chi connectivity index (χ4v) is 2.76. The second-order valence-corrected chi connectivity index (χ2v) is 5.72. The molecule has 19 heavy (non-hydrogen) atoms. The molecule has 0 saturated carbocycles. The predicted molar refractivity (Wildman–Crippen MR) is 79.2 cm³/mol. The Balaban J connectivity index is 1.68. The average Bonchev–Trinajstić information content (AvgIpc) is 3.01. The monoisotopic (exact) mass is 324 g/mol. The van der Waals surface area contributed by atoms with Gasteiger partial charge in [0.2, 0.25) is 0 Å². The number of hydrogen-bond donors (Lipinski definition) is 3. The molecule has 2 aromatic rings. The minimum atomic E-state index is 0.584. The second-order valence-electron chi connectivity index (χ2n) is 4.87. The molecule has 4 N–H and O–H groups in total. The van der Waals surface area contributed by atoms with Crippen LogP contribution in [0.25, 0.3) is 5.65 Å². The molecule has 2 aromatic heterocycles. The summed E-state index contributed by atoms with van der Waals surface area (Å²) >= 11 is 3.42. The molecule has 0 radical (unpaired) electrons. The first-order valence-electron chi connectivity index (χ1n) is 6.48. The van der Waals surface area contributed by atoms with Gasteiger partial charge in [-0.25, -0.2) is 4.98 Å². The molecule has 3 heterocycles. The van der Waals surface area contributed by atoms with Crippen molar-refractivity contribution >= 4 is 33.2 Å². The van der Waals surface area contributed by atoms with Gasteiger partial charge in [0.05, 0.1) is 10.7 Å². The molecule has 0 amide bonds. The molecule has 1 saturated heterocycles. The number of nitrogens with two attached hydrogens (primary N) is 1. The van der Waals surface area contributed by atoms with E-state index >= 15 is 0 Å². The normalized spacial score (nSPS) is 19.1. The van der Waals surface area contributed by atoms with Crippen molar-refractivity contribution in [3.8, 4) is 0 Å². The predicted octanol–water partition coefficient (Wildman–Crippen LogP) is 1.49. The Morgan fingerprint density at radius 1 is 1.58 bits per heavy atom. The van der Waals surface area contributed by atoms with E-state index in [0.717, 1.165) is 47.9 Å². The van der Waals surface area contributed by atoms with Gasteiger partial charge in [-0.1, -0.05) is 0 Å². The first-order chi connectivity index (χ1) is 9.24. The molecule has 0 spiro atoms. The van der Waals surface area contributed by atoms with E-state index in [-0.39, 0.29) is 0 Å². The molecule has 102 valence electrons. The fraction of sp³-hybridized carbons (Fsp3) is 0.500. The molecule has 1 fully saturated rings. The van der Waals surface area contributed by atoms with Crippen LogP contribution in [0.1, 0.15) is 12.8 Å². The third-order valence-corrected chi connectivity index (χ3v) is 4.04. The quantitative estimate of drug-likeness (QED) is 0.793. The lowest BCUT2D eigenvalue weighted by atomic mass is 10.1. The van der Waals surface area contributed by atoms with Gasteiger partial charge in [0.1, 0.15) is 11.6 Å².